The van der Waals surface area contributed by atoms with Gasteiger partial charge in [0.2, 0.25) is 0 Å². The van der Waals surface area contributed by atoms with Crippen LogP contribution in [0.15, 0.2) is 5.16 Å². The molecule has 0 bridgehead atoms. The van der Waals surface area contributed by atoms with Crippen molar-refractivity contribution in [3.8, 4) is 0 Å². The Hall–Kier alpha value is -0.850. The Morgan fingerprint density at radius 3 is 2.95 bits per heavy atom. The van der Waals surface area contributed by atoms with Gasteiger partial charge in [0.05, 0.1) is 18.1 Å². The van der Waals surface area contributed by atoms with E-state index in [4.69, 9.17) is 10.5 Å². The minimum atomic E-state index is 0.267. The summed E-state index contributed by atoms with van der Waals surface area (Å²) in [5, 5.41) is 1.85. The number of nitrogens with two attached hydrogens (primary N) is 1. The first-order valence-electron chi connectivity index (χ1n) is 7.42. The maximum Gasteiger partial charge on any atom is 0.190 e. The number of hydrogen-bond donors (Lipinski definition) is 1. The Morgan fingerprint density at radius 2 is 2.24 bits per heavy atom. The summed E-state index contributed by atoms with van der Waals surface area (Å²) in [5.74, 6) is 2.16. The van der Waals surface area contributed by atoms with E-state index in [2.05, 4.69) is 30.7 Å². The van der Waals surface area contributed by atoms with Crippen LogP contribution in [0.4, 0.5) is 5.82 Å². The van der Waals surface area contributed by atoms with Gasteiger partial charge < -0.3 is 10.5 Å². The minimum Gasteiger partial charge on any atom is -0.383 e. The van der Waals surface area contributed by atoms with E-state index in [0.29, 0.717) is 18.3 Å². The molecule has 2 aromatic rings. The van der Waals surface area contributed by atoms with Gasteiger partial charge in [0, 0.05) is 17.1 Å². The highest BCUT2D eigenvalue weighted by atomic mass is 32.2. The van der Waals surface area contributed by atoms with Crippen molar-refractivity contribution in [3.05, 3.63) is 10.4 Å². The van der Waals surface area contributed by atoms with E-state index in [1.165, 1.54) is 10.4 Å². The summed E-state index contributed by atoms with van der Waals surface area (Å²) in [6.07, 6.45) is 2.29. The summed E-state index contributed by atoms with van der Waals surface area (Å²) >= 11 is 3.38. The number of nitrogens with zero attached hydrogens (tertiary/aromatic N) is 2. The van der Waals surface area contributed by atoms with Crippen molar-refractivity contribution in [2.45, 2.75) is 51.5 Å². The van der Waals surface area contributed by atoms with Crippen LogP contribution in [0.2, 0.25) is 0 Å². The van der Waals surface area contributed by atoms with Gasteiger partial charge in [-0.1, -0.05) is 32.5 Å². The van der Waals surface area contributed by atoms with Gasteiger partial charge in [0.25, 0.3) is 0 Å². The normalized spacial score (nSPS) is 18.4. The Kier molecular flexibility index (Phi) is 4.38. The lowest BCUT2D eigenvalue weighted by atomic mass is 9.96. The van der Waals surface area contributed by atoms with Gasteiger partial charge >= 0.3 is 0 Å². The molecule has 1 aliphatic rings. The summed E-state index contributed by atoms with van der Waals surface area (Å²) < 4.78 is 5.95. The topological polar surface area (TPSA) is 61.0 Å². The number of ether oxygens (including phenoxy) is 1. The third-order valence-corrected chi connectivity index (χ3v) is 5.91. The average molecular weight is 323 g/mol. The molecule has 21 heavy (non-hydrogen) atoms. The number of thiophene rings is 1. The Labute approximate surface area is 133 Å². The van der Waals surface area contributed by atoms with Gasteiger partial charge in [-0.2, -0.15) is 0 Å². The summed E-state index contributed by atoms with van der Waals surface area (Å²) in [7, 11) is 0. The molecule has 1 aliphatic heterocycles. The van der Waals surface area contributed by atoms with E-state index in [1.54, 1.807) is 23.1 Å². The van der Waals surface area contributed by atoms with Gasteiger partial charge in [-0.3, -0.25) is 0 Å². The molecular formula is C15H21N3OS2. The molecule has 0 fully saturated rings. The maximum atomic E-state index is 6.22. The molecule has 0 aliphatic carbocycles. The van der Waals surface area contributed by atoms with Gasteiger partial charge in [0.1, 0.15) is 10.6 Å². The summed E-state index contributed by atoms with van der Waals surface area (Å²) in [4.78, 5) is 11.4. The molecule has 4 nitrogen and oxygen atoms in total. The summed E-state index contributed by atoms with van der Waals surface area (Å²) in [6.45, 7) is 7.23. The van der Waals surface area contributed by atoms with Crippen LogP contribution in [-0.2, 0) is 17.8 Å². The molecule has 114 valence electrons. The highest BCUT2D eigenvalue weighted by Crippen LogP contribution is 2.39. The SMILES string of the molecule is CCCSc1nc(N)c2c3c(sc2n1)CO[C@@H](C(C)C)C3. The van der Waals surface area contributed by atoms with E-state index in [0.717, 1.165) is 34.0 Å². The lowest BCUT2D eigenvalue weighted by molar-refractivity contribution is 0.00203. The van der Waals surface area contributed by atoms with Gasteiger partial charge in [-0.25, -0.2) is 9.97 Å². The van der Waals surface area contributed by atoms with Crippen molar-refractivity contribution in [1.29, 1.82) is 0 Å². The maximum absolute atomic E-state index is 6.22. The molecule has 0 saturated carbocycles. The molecule has 3 rings (SSSR count). The zero-order valence-corrected chi connectivity index (χ0v) is 14.3. The van der Waals surface area contributed by atoms with Crippen LogP contribution in [0.1, 0.15) is 37.6 Å². The molecule has 6 heteroatoms. The monoisotopic (exact) mass is 323 g/mol. The van der Waals surface area contributed by atoms with Crippen LogP contribution in [0.5, 0.6) is 0 Å². The quantitative estimate of drug-likeness (QED) is 0.683. The Morgan fingerprint density at radius 1 is 1.43 bits per heavy atom. The predicted molar refractivity (Wildman–Crippen MR) is 90.0 cm³/mol. The molecule has 3 heterocycles. The molecular weight excluding hydrogens is 302 g/mol. The third-order valence-electron chi connectivity index (χ3n) is 3.75. The standard InChI is InChI=1S/C15H21N3OS2/c1-4-5-20-15-17-13(16)12-9-6-10(8(2)3)19-7-11(9)21-14(12)18-15/h8,10H,4-7H2,1-3H3,(H2,16,17,18)/t10-/m1/s1. The fourth-order valence-corrected chi connectivity index (χ4v) is 4.47. The number of aromatic nitrogens is 2. The first-order valence-corrected chi connectivity index (χ1v) is 9.22. The van der Waals surface area contributed by atoms with E-state index in [-0.39, 0.29) is 6.10 Å². The zero-order valence-electron chi connectivity index (χ0n) is 12.7. The number of anilines is 1. The highest BCUT2D eigenvalue weighted by molar-refractivity contribution is 7.99. The number of rotatable bonds is 4. The van der Waals surface area contributed by atoms with Crippen LogP contribution in [0.25, 0.3) is 10.2 Å². The lowest BCUT2D eigenvalue weighted by Gasteiger charge is -2.26. The van der Waals surface area contributed by atoms with Crippen LogP contribution in [-0.4, -0.2) is 21.8 Å². The van der Waals surface area contributed by atoms with Crippen molar-refractivity contribution in [2.24, 2.45) is 5.92 Å². The van der Waals surface area contributed by atoms with Crippen molar-refractivity contribution in [2.75, 3.05) is 11.5 Å². The second-order valence-electron chi connectivity index (χ2n) is 5.72. The molecule has 0 radical (unpaired) electrons. The van der Waals surface area contributed by atoms with Crippen LogP contribution < -0.4 is 5.73 Å². The van der Waals surface area contributed by atoms with Crippen molar-refractivity contribution < 1.29 is 4.74 Å². The number of nitrogen functional groups attached to an aromatic ring is 1. The van der Waals surface area contributed by atoms with E-state index >= 15 is 0 Å². The van der Waals surface area contributed by atoms with Crippen LogP contribution >= 0.6 is 23.1 Å². The highest BCUT2D eigenvalue weighted by Gasteiger charge is 2.27. The second kappa shape index (κ2) is 6.10. The summed E-state index contributed by atoms with van der Waals surface area (Å²) in [6, 6.07) is 0. The van der Waals surface area contributed by atoms with Crippen LogP contribution in [0.3, 0.4) is 0 Å². The fraction of sp³-hybridized carbons (Fsp3) is 0.600. The number of fused-ring (bicyclic) bond motifs is 3. The first kappa shape index (κ1) is 15.1. The molecule has 2 aromatic heterocycles. The molecule has 0 spiro atoms. The molecule has 0 unspecified atom stereocenters. The second-order valence-corrected chi connectivity index (χ2v) is 7.87. The largest absolute Gasteiger partial charge is 0.383 e. The van der Waals surface area contributed by atoms with Crippen molar-refractivity contribution >= 4 is 39.1 Å². The lowest BCUT2D eigenvalue weighted by Crippen LogP contribution is -2.26. The minimum absolute atomic E-state index is 0.267. The predicted octanol–water partition coefficient (Wildman–Crippen LogP) is 3.87. The van der Waals surface area contributed by atoms with E-state index in [1.807, 2.05) is 0 Å². The van der Waals surface area contributed by atoms with Gasteiger partial charge in [-0.15, -0.1) is 11.3 Å². The molecule has 0 saturated heterocycles. The van der Waals surface area contributed by atoms with Crippen molar-refractivity contribution in [1.82, 2.24) is 9.97 Å². The third kappa shape index (κ3) is 2.89. The first-order chi connectivity index (χ1) is 10.1. The van der Waals surface area contributed by atoms with Crippen molar-refractivity contribution in [3.63, 3.8) is 0 Å². The molecule has 1 atom stereocenters. The Balaban J connectivity index is 2.01. The van der Waals surface area contributed by atoms with E-state index in [9.17, 15) is 0 Å². The Bertz CT molecular complexity index is 654. The van der Waals surface area contributed by atoms with Gasteiger partial charge in [0.15, 0.2) is 5.16 Å². The van der Waals surface area contributed by atoms with E-state index < -0.39 is 0 Å². The molecule has 0 aromatic carbocycles. The van der Waals surface area contributed by atoms with Gasteiger partial charge in [-0.05, 0) is 17.9 Å². The number of hydrogen-bond acceptors (Lipinski definition) is 6. The molecule has 0 amide bonds. The average Bonchev–Trinajstić information content (AvgIpc) is 2.82. The summed E-state index contributed by atoms with van der Waals surface area (Å²) in [5.41, 5.74) is 7.53. The smallest absolute Gasteiger partial charge is 0.190 e. The zero-order chi connectivity index (χ0) is 15.0. The number of thioether (sulfide) groups is 1. The van der Waals surface area contributed by atoms with Crippen LogP contribution in [0, 0.1) is 5.92 Å². The fourth-order valence-electron chi connectivity index (χ4n) is 2.57. The molecule has 2 N–H and O–H groups in total.